The van der Waals surface area contributed by atoms with Crippen molar-refractivity contribution in [2.24, 2.45) is 4.99 Å². The van der Waals surface area contributed by atoms with Crippen LogP contribution in [0.4, 0.5) is 10.5 Å². The molecule has 0 radical (unpaired) electrons. The number of non-ortho nitro benzene ring substituents is 1. The highest BCUT2D eigenvalue weighted by atomic mass is 32.2. The van der Waals surface area contributed by atoms with Gasteiger partial charge >= 0.3 is 6.09 Å². The number of hydrogen-bond donors (Lipinski definition) is 1. The fraction of sp³-hybridized carbons (Fsp3) is 0.391. The second-order valence-electron chi connectivity index (χ2n) is 7.56. The second-order valence-corrected chi connectivity index (χ2v) is 8.84. The number of ether oxygens (including phenoxy) is 3. The van der Waals surface area contributed by atoms with Crippen LogP contribution in [0.25, 0.3) is 0 Å². The lowest BCUT2D eigenvalue weighted by molar-refractivity contribution is -0.384. The molecule has 0 saturated heterocycles. The lowest BCUT2D eigenvalue weighted by Crippen LogP contribution is -2.40. The maximum Gasteiger partial charge on any atom is 0.409 e. The molecule has 0 aromatic heterocycles. The number of amides is 1. The van der Waals surface area contributed by atoms with Gasteiger partial charge in [-0.1, -0.05) is 12.1 Å². The fourth-order valence-electron chi connectivity index (χ4n) is 2.99. The fourth-order valence-corrected chi connectivity index (χ4v) is 3.99. The zero-order valence-electron chi connectivity index (χ0n) is 19.1. The lowest BCUT2D eigenvalue weighted by atomic mass is 10.2. The number of carbonyl (C=O) groups excluding carboxylic acids is 1. The summed E-state index contributed by atoms with van der Waals surface area (Å²) < 4.78 is 16.1. The molecule has 1 unspecified atom stereocenters. The summed E-state index contributed by atoms with van der Waals surface area (Å²) in [5.74, 6) is 1.75. The van der Waals surface area contributed by atoms with Crippen LogP contribution in [0.5, 0.6) is 5.75 Å². The molecule has 0 bridgehead atoms. The number of methoxy groups -OCH3 is 1. The molecule has 2 aromatic rings. The molecule has 1 aliphatic heterocycles. The first-order valence-electron chi connectivity index (χ1n) is 10.7. The Morgan fingerprint density at radius 3 is 2.53 bits per heavy atom. The molecule has 0 aliphatic carbocycles. The normalized spacial score (nSPS) is 15.0. The summed E-state index contributed by atoms with van der Waals surface area (Å²) in [6.07, 6.45) is -0.504. The predicted octanol–water partition coefficient (Wildman–Crippen LogP) is 3.45. The Hall–Kier alpha value is -3.47. The van der Waals surface area contributed by atoms with Crippen molar-refractivity contribution in [2.75, 3.05) is 40.4 Å². The van der Waals surface area contributed by atoms with E-state index in [0.29, 0.717) is 29.9 Å². The number of benzene rings is 2. The second kappa shape index (κ2) is 12.7. The van der Waals surface area contributed by atoms with E-state index in [1.54, 1.807) is 26.3 Å². The maximum absolute atomic E-state index is 12.1. The van der Waals surface area contributed by atoms with Crippen LogP contribution in [0.15, 0.2) is 53.5 Å². The van der Waals surface area contributed by atoms with Gasteiger partial charge in [0.2, 0.25) is 0 Å². The van der Waals surface area contributed by atoms with Gasteiger partial charge in [0.25, 0.3) is 11.7 Å². The van der Waals surface area contributed by atoms with Crippen LogP contribution in [-0.2, 0) is 21.8 Å². The molecule has 3 rings (SSSR count). The molecule has 182 valence electrons. The first kappa shape index (κ1) is 25.2. The number of carbonyl (C=O) groups is 1. The van der Waals surface area contributed by atoms with Crippen LogP contribution in [0.3, 0.4) is 0 Å². The van der Waals surface area contributed by atoms with Crippen molar-refractivity contribution in [3.63, 3.8) is 0 Å². The third kappa shape index (κ3) is 7.84. The van der Waals surface area contributed by atoms with Crippen LogP contribution in [-0.4, -0.2) is 67.6 Å². The number of nitro benzene ring substituents is 1. The summed E-state index contributed by atoms with van der Waals surface area (Å²) in [5.41, 5.74) is 1.90. The van der Waals surface area contributed by atoms with Crippen molar-refractivity contribution in [1.29, 1.82) is 0 Å². The van der Waals surface area contributed by atoms with Crippen LogP contribution in [0.1, 0.15) is 11.1 Å². The molecule has 34 heavy (non-hydrogen) atoms. The topological polar surface area (TPSA) is 116 Å². The number of hydrogen-bond acceptors (Lipinski definition) is 9. The van der Waals surface area contributed by atoms with Crippen molar-refractivity contribution >= 4 is 29.6 Å². The number of nitrogens with zero attached hydrogens (tertiary/aromatic N) is 3. The first-order valence-corrected chi connectivity index (χ1v) is 11.8. The summed E-state index contributed by atoms with van der Waals surface area (Å²) in [6, 6.07) is 14.4. The van der Waals surface area contributed by atoms with E-state index in [4.69, 9.17) is 14.2 Å². The zero-order chi connectivity index (χ0) is 24.3. The van der Waals surface area contributed by atoms with E-state index in [2.05, 4.69) is 22.4 Å². The van der Waals surface area contributed by atoms with Crippen molar-refractivity contribution < 1.29 is 23.9 Å². The van der Waals surface area contributed by atoms with Crippen molar-refractivity contribution in [3.05, 3.63) is 69.8 Å². The maximum atomic E-state index is 12.1. The number of aliphatic imine (C=N–C) groups is 1. The van der Waals surface area contributed by atoms with Gasteiger partial charge < -0.3 is 24.4 Å². The van der Waals surface area contributed by atoms with Gasteiger partial charge in [-0.15, -0.1) is 11.8 Å². The summed E-state index contributed by atoms with van der Waals surface area (Å²) >= 11 is 1.84. The highest BCUT2D eigenvalue weighted by Crippen LogP contribution is 2.21. The Morgan fingerprint density at radius 1 is 1.21 bits per heavy atom. The highest BCUT2D eigenvalue weighted by Gasteiger charge is 2.17. The minimum atomic E-state index is -0.504. The van der Waals surface area contributed by atoms with Crippen LogP contribution >= 0.6 is 11.8 Å². The van der Waals surface area contributed by atoms with Crippen LogP contribution < -0.4 is 10.1 Å². The van der Waals surface area contributed by atoms with Gasteiger partial charge in [0.15, 0.2) is 0 Å². The monoisotopic (exact) mass is 488 g/mol. The smallest absolute Gasteiger partial charge is 0.409 e. The molecule has 1 aliphatic rings. The van der Waals surface area contributed by atoms with E-state index in [9.17, 15) is 14.9 Å². The number of amidine groups is 1. The average molecular weight is 489 g/mol. The number of thioether (sulfide) groups is 1. The largest absolute Gasteiger partial charge is 0.497 e. The van der Waals surface area contributed by atoms with Crippen molar-refractivity contribution in [3.8, 4) is 5.75 Å². The van der Waals surface area contributed by atoms with E-state index < -0.39 is 11.0 Å². The Balaban J connectivity index is 1.31. The van der Waals surface area contributed by atoms with E-state index >= 15 is 0 Å². The summed E-state index contributed by atoms with van der Waals surface area (Å²) in [6.45, 7) is 2.06. The molecule has 2 aromatic carbocycles. The number of likely N-dealkylation sites (N-methyl/N-ethyl adjacent to an activating group) is 1. The molecule has 1 N–H and O–H groups in total. The van der Waals surface area contributed by atoms with Crippen LogP contribution in [0, 0.1) is 10.1 Å². The molecule has 1 atom stereocenters. The molecule has 1 heterocycles. The number of nitro groups is 1. The number of nitrogens with one attached hydrogen (secondary N) is 1. The SMILES string of the molecule is COc1ccc(CSC2CN=C(OCCN(C)C(=O)OCc3ccc([N+](=O)[O-])cc3)NC2)cc1. The third-order valence-electron chi connectivity index (χ3n) is 5.05. The lowest BCUT2D eigenvalue weighted by Gasteiger charge is -2.23. The summed E-state index contributed by atoms with van der Waals surface area (Å²) in [5, 5.41) is 14.2. The molecule has 10 nitrogen and oxygen atoms in total. The van der Waals surface area contributed by atoms with Gasteiger partial charge in [-0.05, 0) is 35.4 Å². The zero-order valence-corrected chi connectivity index (χ0v) is 20.0. The van der Waals surface area contributed by atoms with Gasteiger partial charge in [-0.2, -0.15) is 0 Å². The van der Waals surface area contributed by atoms with E-state index in [0.717, 1.165) is 18.0 Å². The summed E-state index contributed by atoms with van der Waals surface area (Å²) in [4.78, 5) is 28.2. The standard InChI is InChI=1S/C23H28N4O6S/c1-26(23(28)33-15-17-3-7-19(8-4-17)27(29)30)11-12-32-22-24-13-21(14-25-22)34-16-18-5-9-20(31-2)10-6-18/h3-10,21H,11-16H2,1-2H3,(H,24,25). The summed E-state index contributed by atoms with van der Waals surface area (Å²) in [7, 11) is 3.27. The molecule has 1 amide bonds. The van der Waals surface area contributed by atoms with Gasteiger partial charge in [0.1, 0.15) is 19.0 Å². The van der Waals surface area contributed by atoms with Crippen LogP contribution in [0.2, 0.25) is 0 Å². The predicted molar refractivity (Wildman–Crippen MR) is 130 cm³/mol. The van der Waals surface area contributed by atoms with Gasteiger partial charge in [0, 0.05) is 36.7 Å². The molecule has 0 spiro atoms. The van der Waals surface area contributed by atoms with E-state index in [1.165, 1.54) is 22.6 Å². The van der Waals surface area contributed by atoms with Gasteiger partial charge in [0.05, 0.1) is 25.1 Å². The minimum Gasteiger partial charge on any atom is -0.497 e. The Bertz CT molecular complexity index is 984. The Morgan fingerprint density at radius 2 is 1.91 bits per heavy atom. The molecular formula is C23H28N4O6S. The van der Waals surface area contributed by atoms with Crippen molar-refractivity contribution in [1.82, 2.24) is 10.2 Å². The number of rotatable bonds is 10. The van der Waals surface area contributed by atoms with Crippen molar-refractivity contribution in [2.45, 2.75) is 17.6 Å². The van der Waals surface area contributed by atoms with E-state index in [1.807, 2.05) is 23.9 Å². The van der Waals surface area contributed by atoms with Gasteiger partial charge in [-0.25, -0.2) is 9.79 Å². The first-order chi connectivity index (χ1) is 16.4. The molecule has 0 saturated carbocycles. The average Bonchev–Trinajstić information content (AvgIpc) is 2.87. The Labute approximate surface area is 202 Å². The molecule has 11 heteroatoms. The van der Waals surface area contributed by atoms with E-state index in [-0.39, 0.29) is 18.9 Å². The minimum absolute atomic E-state index is 0.00858. The Kier molecular flexibility index (Phi) is 9.39. The van der Waals surface area contributed by atoms with Gasteiger partial charge in [-0.3, -0.25) is 10.1 Å². The molecular weight excluding hydrogens is 460 g/mol. The quantitative estimate of drug-likeness (QED) is 0.399. The third-order valence-corrected chi connectivity index (χ3v) is 6.34. The highest BCUT2D eigenvalue weighted by molar-refractivity contribution is 7.99. The molecule has 0 fully saturated rings.